The van der Waals surface area contributed by atoms with Crippen molar-refractivity contribution in [1.82, 2.24) is 9.38 Å². The summed E-state index contributed by atoms with van der Waals surface area (Å²) in [6.45, 7) is 6.38. The number of imidazole rings is 1. The van der Waals surface area contributed by atoms with Crippen molar-refractivity contribution in [3.05, 3.63) is 58.6 Å². The molecule has 0 aliphatic carbocycles. The number of hydrogen-bond acceptors (Lipinski definition) is 3. The molecule has 0 amide bonds. The van der Waals surface area contributed by atoms with Crippen molar-refractivity contribution in [3.8, 4) is 11.3 Å². The molecular formula is C18H19N3O. The fourth-order valence-electron chi connectivity index (χ4n) is 2.69. The van der Waals surface area contributed by atoms with Crippen LogP contribution in [0.1, 0.15) is 25.0 Å². The van der Waals surface area contributed by atoms with Crippen LogP contribution < -0.4 is 0 Å². The van der Waals surface area contributed by atoms with Gasteiger partial charge < -0.3 is 0 Å². The molecule has 1 aromatic carbocycles. The number of pyridine rings is 1. The van der Waals surface area contributed by atoms with Crippen LogP contribution in [0.4, 0.5) is 5.82 Å². The van der Waals surface area contributed by atoms with Gasteiger partial charge in [0.1, 0.15) is 11.3 Å². The maximum absolute atomic E-state index is 11.3. The van der Waals surface area contributed by atoms with E-state index in [-0.39, 0.29) is 0 Å². The minimum Gasteiger partial charge on any atom is -0.281 e. The molecule has 0 saturated heterocycles. The van der Waals surface area contributed by atoms with Crippen molar-refractivity contribution in [3.63, 3.8) is 0 Å². The van der Waals surface area contributed by atoms with Gasteiger partial charge in [-0.15, -0.1) is 4.91 Å². The first-order valence-electron chi connectivity index (χ1n) is 7.50. The van der Waals surface area contributed by atoms with E-state index in [4.69, 9.17) is 0 Å². The molecule has 3 aromatic rings. The van der Waals surface area contributed by atoms with Gasteiger partial charge in [0.05, 0.1) is 0 Å². The number of fused-ring (bicyclic) bond motifs is 1. The van der Waals surface area contributed by atoms with Crippen LogP contribution in [0, 0.1) is 17.7 Å². The van der Waals surface area contributed by atoms with Crippen molar-refractivity contribution in [2.45, 2.75) is 27.2 Å². The van der Waals surface area contributed by atoms with Gasteiger partial charge >= 0.3 is 0 Å². The van der Waals surface area contributed by atoms with Crippen molar-refractivity contribution in [1.29, 1.82) is 0 Å². The van der Waals surface area contributed by atoms with E-state index >= 15 is 0 Å². The normalized spacial score (nSPS) is 11.3. The number of hydrogen-bond donors (Lipinski definition) is 0. The predicted octanol–water partition coefficient (Wildman–Crippen LogP) is 4.91. The van der Waals surface area contributed by atoms with Gasteiger partial charge in [0.25, 0.3) is 0 Å². The molecule has 0 aliphatic rings. The Kier molecular flexibility index (Phi) is 3.75. The van der Waals surface area contributed by atoms with Gasteiger partial charge in [-0.3, -0.25) is 4.40 Å². The van der Waals surface area contributed by atoms with E-state index in [0.29, 0.717) is 17.4 Å². The number of benzene rings is 1. The molecule has 2 aromatic heterocycles. The Morgan fingerprint density at radius 1 is 1.14 bits per heavy atom. The molecule has 0 aliphatic heterocycles. The molecule has 3 rings (SSSR count). The average Bonchev–Trinajstić information content (AvgIpc) is 2.85. The monoisotopic (exact) mass is 293 g/mol. The van der Waals surface area contributed by atoms with Crippen LogP contribution in [0.2, 0.25) is 0 Å². The SMILES string of the molecule is Cc1ccc2nc(-c3ccc(CC(C)C)cc3)c(N=O)n2c1. The van der Waals surface area contributed by atoms with Gasteiger partial charge in [-0.05, 0) is 41.6 Å². The topological polar surface area (TPSA) is 46.7 Å². The second-order valence-electron chi connectivity index (χ2n) is 6.10. The largest absolute Gasteiger partial charge is 0.281 e. The quantitative estimate of drug-likeness (QED) is 0.642. The summed E-state index contributed by atoms with van der Waals surface area (Å²) in [6.07, 6.45) is 2.93. The Balaban J connectivity index is 2.07. The van der Waals surface area contributed by atoms with Crippen molar-refractivity contribution in [2.75, 3.05) is 0 Å². The fourth-order valence-corrected chi connectivity index (χ4v) is 2.69. The van der Waals surface area contributed by atoms with Gasteiger partial charge in [-0.2, -0.15) is 0 Å². The third-order valence-corrected chi connectivity index (χ3v) is 3.70. The second kappa shape index (κ2) is 5.72. The zero-order valence-corrected chi connectivity index (χ0v) is 13.1. The van der Waals surface area contributed by atoms with E-state index in [1.165, 1.54) is 5.56 Å². The third kappa shape index (κ3) is 2.64. The molecule has 0 bridgehead atoms. The van der Waals surface area contributed by atoms with Crippen LogP contribution in [-0.4, -0.2) is 9.38 Å². The number of aryl methyl sites for hydroxylation is 1. The zero-order chi connectivity index (χ0) is 15.7. The summed E-state index contributed by atoms with van der Waals surface area (Å²) in [5, 5.41) is 3.20. The number of nitroso groups, excluding NO2 is 1. The molecule has 22 heavy (non-hydrogen) atoms. The summed E-state index contributed by atoms with van der Waals surface area (Å²) >= 11 is 0. The van der Waals surface area contributed by atoms with Crippen molar-refractivity contribution in [2.24, 2.45) is 11.1 Å². The minimum absolute atomic E-state index is 0.357. The van der Waals surface area contributed by atoms with Crippen LogP contribution in [0.15, 0.2) is 47.8 Å². The molecule has 4 nitrogen and oxygen atoms in total. The Morgan fingerprint density at radius 3 is 2.50 bits per heavy atom. The number of rotatable bonds is 4. The van der Waals surface area contributed by atoms with E-state index in [9.17, 15) is 4.91 Å². The van der Waals surface area contributed by atoms with Gasteiger partial charge in [0.2, 0.25) is 5.82 Å². The zero-order valence-electron chi connectivity index (χ0n) is 13.1. The van der Waals surface area contributed by atoms with Gasteiger partial charge in [-0.25, -0.2) is 4.98 Å². The lowest BCUT2D eigenvalue weighted by Gasteiger charge is -2.05. The predicted molar refractivity (Wildman–Crippen MR) is 89.4 cm³/mol. The number of nitrogens with zero attached hydrogens (tertiary/aromatic N) is 3. The molecule has 0 atom stereocenters. The third-order valence-electron chi connectivity index (χ3n) is 3.70. The summed E-state index contributed by atoms with van der Waals surface area (Å²) in [5.74, 6) is 0.978. The molecule has 0 radical (unpaired) electrons. The maximum atomic E-state index is 11.3. The Morgan fingerprint density at radius 2 is 1.86 bits per heavy atom. The summed E-state index contributed by atoms with van der Waals surface area (Å²) < 4.78 is 1.75. The molecule has 0 fully saturated rings. The first-order chi connectivity index (χ1) is 10.6. The summed E-state index contributed by atoms with van der Waals surface area (Å²) in [5.41, 5.74) is 4.65. The summed E-state index contributed by atoms with van der Waals surface area (Å²) in [4.78, 5) is 15.8. The smallest absolute Gasteiger partial charge is 0.209 e. The first-order valence-corrected chi connectivity index (χ1v) is 7.50. The molecular weight excluding hydrogens is 274 g/mol. The van der Waals surface area contributed by atoms with Gasteiger partial charge in [0.15, 0.2) is 0 Å². The van der Waals surface area contributed by atoms with Gasteiger partial charge in [-0.1, -0.05) is 44.2 Å². The van der Waals surface area contributed by atoms with Crippen LogP contribution in [0.5, 0.6) is 0 Å². The van der Waals surface area contributed by atoms with Gasteiger partial charge in [0, 0.05) is 11.8 Å². The van der Waals surface area contributed by atoms with Crippen LogP contribution in [0.25, 0.3) is 16.9 Å². The molecule has 0 N–H and O–H groups in total. The highest BCUT2D eigenvalue weighted by Gasteiger charge is 2.14. The first kappa shape index (κ1) is 14.4. The highest BCUT2D eigenvalue weighted by Crippen LogP contribution is 2.31. The standard InChI is InChI=1S/C18H19N3O/c1-12(2)10-14-5-7-15(8-6-14)17-18(20-22)21-11-13(3)4-9-16(21)19-17/h4-9,11-12H,10H2,1-3H3. The average molecular weight is 293 g/mol. The van der Waals surface area contributed by atoms with E-state index in [0.717, 1.165) is 23.2 Å². The molecule has 4 heteroatoms. The molecule has 0 unspecified atom stereocenters. The Labute approximate surface area is 129 Å². The lowest BCUT2D eigenvalue weighted by Crippen LogP contribution is -1.93. The molecule has 0 spiro atoms. The van der Waals surface area contributed by atoms with Crippen LogP contribution in [0.3, 0.4) is 0 Å². The van der Waals surface area contributed by atoms with E-state index < -0.39 is 0 Å². The van der Waals surface area contributed by atoms with Crippen molar-refractivity contribution >= 4 is 11.5 Å². The lowest BCUT2D eigenvalue weighted by molar-refractivity contribution is 0.647. The van der Waals surface area contributed by atoms with Crippen LogP contribution >= 0.6 is 0 Å². The minimum atomic E-state index is 0.357. The van der Waals surface area contributed by atoms with Crippen molar-refractivity contribution < 1.29 is 0 Å². The highest BCUT2D eigenvalue weighted by molar-refractivity contribution is 5.74. The fraction of sp³-hybridized carbons (Fsp3) is 0.278. The lowest BCUT2D eigenvalue weighted by atomic mass is 10.0. The molecule has 0 saturated carbocycles. The summed E-state index contributed by atoms with van der Waals surface area (Å²) in [7, 11) is 0. The van der Waals surface area contributed by atoms with E-state index in [1.807, 2.05) is 37.4 Å². The number of aromatic nitrogens is 2. The Hall–Kier alpha value is -2.49. The molecule has 112 valence electrons. The van der Waals surface area contributed by atoms with E-state index in [1.54, 1.807) is 4.40 Å². The van der Waals surface area contributed by atoms with E-state index in [2.05, 4.69) is 36.1 Å². The maximum Gasteiger partial charge on any atom is 0.209 e. The second-order valence-corrected chi connectivity index (χ2v) is 6.10. The summed E-state index contributed by atoms with van der Waals surface area (Å²) in [6, 6.07) is 12.1. The highest BCUT2D eigenvalue weighted by atomic mass is 16.3. The van der Waals surface area contributed by atoms with Crippen LogP contribution in [-0.2, 0) is 6.42 Å². The molecule has 2 heterocycles. The Bertz CT molecular complexity index is 816.